The van der Waals surface area contributed by atoms with Crippen LogP contribution in [0.4, 0.5) is 4.79 Å². The first-order chi connectivity index (χ1) is 11.3. The summed E-state index contributed by atoms with van der Waals surface area (Å²) in [5, 5.41) is 6.96. The molecule has 0 spiro atoms. The van der Waals surface area contributed by atoms with E-state index < -0.39 is 0 Å². The fourth-order valence-electron chi connectivity index (χ4n) is 4.60. The summed E-state index contributed by atoms with van der Waals surface area (Å²) in [6.07, 6.45) is 8.67. The quantitative estimate of drug-likeness (QED) is 0.779. The molecule has 2 saturated heterocycles. The third-order valence-corrected chi connectivity index (χ3v) is 5.12. The van der Waals surface area contributed by atoms with Crippen LogP contribution >= 0.6 is 0 Å². The number of aromatic amines is 1. The topological polar surface area (TPSA) is 73.0 Å². The maximum atomic E-state index is 12.9. The molecule has 3 N–H and O–H groups in total. The van der Waals surface area contributed by atoms with Gasteiger partial charge in [-0.25, -0.2) is 9.78 Å². The van der Waals surface area contributed by atoms with Crippen LogP contribution in [0.15, 0.2) is 12.4 Å². The summed E-state index contributed by atoms with van der Waals surface area (Å²) in [6, 6.07) is 0.314. The molecule has 2 amide bonds. The standard InChI is InChI=1S/C18H31N5O/c1-17(2)11-13(12-18(3,4)22-17)21-16(24)23-10-6-5-7-14(23)15-19-8-9-20-15/h8-9,13-14,22H,5-7,10-12H2,1-4H3,(H,19,20)(H,21,24). The number of rotatable bonds is 2. The Morgan fingerprint density at radius 1 is 1.25 bits per heavy atom. The molecule has 0 aromatic carbocycles. The Morgan fingerprint density at radius 2 is 1.96 bits per heavy atom. The Bertz CT molecular complexity index is 550. The van der Waals surface area contributed by atoms with Crippen LogP contribution in [0.5, 0.6) is 0 Å². The van der Waals surface area contributed by atoms with E-state index in [-0.39, 0.29) is 29.2 Å². The van der Waals surface area contributed by atoms with Crippen molar-refractivity contribution in [3.63, 3.8) is 0 Å². The Kier molecular flexibility index (Phi) is 4.60. The molecule has 24 heavy (non-hydrogen) atoms. The predicted octanol–water partition coefficient (Wildman–Crippen LogP) is 2.96. The van der Waals surface area contributed by atoms with Crippen molar-refractivity contribution in [2.24, 2.45) is 0 Å². The molecule has 1 aromatic rings. The van der Waals surface area contributed by atoms with E-state index >= 15 is 0 Å². The molecule has 0 saturated carbocycles. The third kappa shape index (κ3) is 3.91. The fraction of sp³-hybridized carbons (Fsp3) is 0.778. The van der Waals surface area contributed by atoms with Crippen LogP contribution in [-0.2, 0) is 0 Å². The summed E-state index contributed by atoms with van der Waals surface area (Å²) in [4.78, 5) is 22.5. The summed E-state index contributed by atoms with van der Waals surface area (Å²) in [5.74, 6) is 0.899. The number of carbonyl (C=O) groups is 1. The van der Waals surface area contributed by atoms with E-state index in [1.54, 1.807) is 6.20 Å². The zero-order valence-corrected chi connectivity index (χ0v) is 15.4. The second-order valence-corrected chi connectivity index (χ2v) is 8.63. The molecule has 1 atom stereocenters. The van der Waals surface area contributed by atoms with E-state index in [4.69, 9.17) is 0 Å². The van der Waals surface area contributed by atoms with Crippen LogP contribution in [-0.4, -0.2) is 44.6 Å². The summed E-state index contributed by atoms with van der Waals surface area (Å²) < 4.78 is 0. The zero-order chi connectivity index (χ0) is 17.4. The highest BCUT2D eigenvalue weighted by molar-refractivity contribution is 5.75. The number of amides is 2. The number of imidazole rings is 1. The lowest BCUT2D eigenvalue weighted by Gasteiger charge is -2.47. The molecule has 2 aliphatic rings. The van der Waals surface area contributed by atoms with E-state index in [1.165, 1.54) is 0 Å². The Hall–Kier alpha value is -1.56. The first kappa shape index (κ1) is 17.3. The molecular formula is C18H31N5O. The van der Waals surface area contributed by atoms with Gasteiger partial charge in [0.05, 0.1) is 6.04 Å². The van der Waals surface area contributed by atoms with Gasteiger partial charge in [0.1, 0.15) is 5.82 Å². The van der Waals surface area contributed by atoms with Gasteiger partial charge in [-0.15, -0.1) is 0 Å². The lowest BCUT2D eigenvalue weighted by atomic mass is 9.79. The molecular weight excluding hydrogens is 302 g/mol. The summed E-state index contributed by atoms with van der Waals surface area (Å²) in [7, 11) is 0. The number of aromatic nitrogens is 2. The molecule has 6 nitrogen and oxygen atoms in total. The largest absolute Gasteiger partial charge is 0.347 e. The molecule has 3 heterocycles. The lowest BCUT2D eigenvalue weighted by Crippen LogP contribution is -2.63. The second kappa shape index (κ2) is 6.39. The van der Waals surface area contributed by atoms with Crippen LogP contribution in [0, 0.1) is 0 Å². The van der Waals surface area contributed by atoms with E-state index in [2.05, 4.69) is 48.3 Å². The third-order valence-electron chi connectivity index (χ3n) is 5.12. The number of H-pyrrole nitrogens is 1. The maximum Gasteiger partial charge on any atom is 0.318 e. The number of carbonyl (C=O) groups excluding carboxylic acids is 1. The maximum absolute atomic E-state index is 12.9. The van der Waals surface area contributed by atoms with Gasteiger partial charge in [0.15, 0.2) is 0 Å². The van der Waals surface area contributed by atoms with Crippen LogP contribution in [0.2, 0.25) is 0 Å². The number of nitrogens with zero attached hydrogens (tertiary/aromatic N) is 2. The molecule has 134 valence electrons. The average molecular weight is 333 g/mol. The minimum Gasteiger partial charge on any atom is -0.347 e. The van der Waals surface area contributed by atoms with Crippen molar-refractivity contribution in [2.75, 3.05) is 6.54 Å². The van der Waals surface area contributed by atoms with Gasteiger partial charge in [0, 0.05) is 36.1 Å². The highest BCUT2D eigenvalue weighted by atomic mass is 16.2. The van der Waals surface area contributed by atoms with E-state index in [0.29, 0.717) is 0 Å². The molecule has 1 aromatic heterocycles. The van der Waals surface area contributed by atoms with Gasteiger partial charge in [0.2, 0.25) is 0 Å². The summed E-state index contributed by atoms with van der Waals surface area (Å²) in [6.45, 7) is 9.63. The second-order valence-electron chi connectivity index (χ2n) is 8.63. The molecule has 0 radical (unpaired) electrons. The monoisotopic (exact) mass is 333 g/mol. The van der Waals surface area contributed by atoms with Crippen molar-refractivity contribution >= 4 is 6.03 Å². The average Bonchev–Trinajstić information content (AvgIpc) is 2.97. The van der Waals surface area contributed by atoms with Crippen molar-refractivity contribution in [1.29, 1.82) is 0 Å². The van der Waals surface area contributed by atoms with Crippen LogP contribution in [0.3, 0.4) is 0 Å². The van der Waals surface area contributed by atoms with Crippen molar-refractivity contribution in [3.05, 3.63) is 18.2 Å². The number of nitrogens with one attached hydrogen (secondary N) is 3. The van der Waals surface area contributed by atoms with Gasteiger partial charge in [-0.05, 0) is 59.8 Å². The molecule has 2 aliphatic heterocycles. The first-order valence-electron chi connectivity index (χ1n) is 9.12. The first-order valence-corrected chi connectivity index (χ1v) is 9.12. The highest BCUT2D eigenvalue weighted by Gasteiger charge is 2.39. The van der Waals surface area contributed by atoms with Crippen LogP contribution in [0.1, 0.15) is 71.7 Å². The molecule has 0 bridgehead atoms. The Morgan fingerprint density at radius 3 is 2.58 bits per heavy atom. The van der Waals surface area contributed by atoms with E-state index in [9.17, 15) is 4.79 Å². The van der Waals surface area contributed by atoms with E-state index in [1.807, 2.05) is 11.1 Å². The normalized spacial score (nSPS) is 27.0. The molecule has 2 fully saturated rings. The summed E-state index contributed by atoms with van der Waals surface area (Å²) >= 11 is 0. The number of hydrogen-bond donors (Lipinski definition) is 3. The van der Waals surface area contributed by atoms with Crippen molar-refractivity contribution in [1.82, 2.24) is 25.5 Å². The van der Waals surface area contributed by atoms with Crippen LogP contribution in [0.25, 0.3) is 0 Å². The van der Waals surface area contributed by atoms with Gasteiger partial charge >= 0.3 is 6.03 Å². The number of likely N-dealkylation sites (tertiary alicyclic amines) is 1. The molecule has 0 aliphatic carbocycles. The van der Waals surface area contributed by atoms with Gasteiger partial charge < -0.3 is 20.5 Å². The van der Waals surface area contributed by atoms with Gasteiger partial charge in [-0.3, -0.25) is 0 Å². The smallest absolute Gasteiger partial charge is 0.318 e. The van der Waals surface area contributed by atoms with Gasteiger partial charge in [-0.1, -0.05) is 0 Å². The van der Waals surface area contributed by atoms with Crippen molar-refractivity contribution in [3.8, 4) is 0 Å². The fourth-order valence-corrected chi connectivity index (χ4v) is 4.60. The Balaban J connectivity index is 1.69. The Labute approximate surface area is 144 Å². The number of hydrogen-bond acceptors (Lipinski definition) is 3. The zero-order valence-electron chi connectivity index (χ0n) is 15.4. The summed E-state index contributed by atoms with van der Waals surface area (Å²) in [5.41, 5.74) is 0.0595. The van der Waals surface area contributed by atoms with Crippen LogP contribution < -0.4 is 10.6 Å². The van der Waals surface area contributed by atoms with Gasteiger partial charge in [0.25, 0.3) is 0 Å². The number of urea groups is 1. The number of piperidine rings is 2. The SMILES string of the molecule is CC1(C)CC(NC(=O)N2CCCCC2c2ncc[nH]2)CC(C)(C)N1. The predicted molar refractivity (Wildman–Crippen MR) is 94.7 cm³/mol. The minimum absolute atomic E-state index is 0.0298. The van der Waals surface area contributed by atoms with Gasteiger partial charge in [-0.2, -0.15) is 0 Å². The van der Waals surface area contributed by atoms with E-state index in [0.717, 1.165) is 44.5 Å². The van der Waals surface area contributed by atoms with Crippen molar-refractivity contribution < 1.29 is 4.79 Å². The van der Waals surface area contributed by atoms with Crippen molar-refractivity contribution in [2.45, 2.75) is 83.0 Å². The molecule has 3 rings (SSSR count). The molecule has 6 heteroatoms. The highest BCUT2D eigenvalue weighted by Crippen LogP contribution is 2.31. The lowest BCUT2D eigenvalue weighted by molar-refractivity contribution is 0.121. The minimum atomic E-state index is 0.0298. The molecule has 1 unspecified atom stereocenters.